The maximum atomic E-state index is 13.8. The van der Waals surface area contributed by atoms with Gasteiger partial charge in [-0.05, 0) is 82.1 Å². The van der Waals surface area contributed by atoms with Crippen molar-refractivity contribution in [1.29, 1.82) is 0 Å². The van der Waals surface area contributed by atoms with Crippen molar-refractivity contribution in [2.45, 2.75) is 72.8 Å². The second-order valence-corrected chi connectivity index (χ2v) is 11.7. The number of hydrogen-bond donors (Lipinski definition) is 1. The molecule has 1 unspecified atom stereocenters. The van der Waals surface area contributed by atoms with Gasteiger partial charge in [-0.1, -0.05) is 45.4 Å². The fraction of sp³-hybridized carbons (Fsp3) is 0.484. The zero-order valence-corrected chi connectivity index (χ0v) is 23.9. The van der Waals surface area contributed by atoms with Gasteiger partial charge in [0.2, 0.25) is 5.91 Å². The van der Waals surface area contributed by atoms with Gasteiger partial charge in [0, 0.05) is 35.5 Å². The number of ether oxygens (including phenoxy) is 1. The Hall–Kier alpha value is -2.96. The van der Waals surface area contributed by atoms with Crippen LogP contribution in [0.1, 0.15) is 66.7 Å². The molecular formula is C31H43N3O3. The smallest absolute Gasteiger partial charge is 0.328 e. The van der Waals surface area contributed by atoms with E-state index >= 15 is 0 Å². The lowest BCUT2D eigenvalue weighted by Crippen LogP contribution is -2.39. The van der Waals surface area contributed by atoms with Crippen molar-refractivity contribution in [2.24, 2.45) is 11.7 Å². The first-order chi connectivity index (χ1) is 17.2. The summed E-state index contributed by atoms with van der Waals surface area (Å²) in [4.78, 5) is 28.7. The van der Waals surface area contributed by atoms with E-state index in [0.29, 0.717) is 5.75 Å². The van der Waals surface area contributed by atoms with E-state index < -0.39 is 17.4 Å². The lowest BCUT2D eigenvalue weighted by molar-refractivity contribution is -0.136. The average molecular weight is 506 g/mol. The second-order valence-electron chi connectivity index (χ2n) is 11.7. The molecule has 2 aromatic carbocycles. The minimum atomic E-state index is -0.714. The van der Waals surface area contributed by atoms with Crippen molar-refractivity contribution in [3.05, 3.63) is 64.3 Å². The summed E-state index contributed by atoms with van der Waals surface area (Å²) in [7, 11) is 4.11. The number of carbonyl (C=O) groups is 2. The van der Waals surface area contributed by atoms with Crippen LogP contribution >= 0.6 is 0 Å². The number of hydrogen-bond acceptors (Lipinski definition) is 5. The molecule has 2 N–H and O–H groups in total. The number of carbonyl (C=O) groups excluding carboxylic acids is 2. The molecule has 0 aliphatic carbocycles. The molecule has 0 aliphatic rings. The highest BCUT2D eigenvalue weighted by Crippen LogP contribution is 2.39. The number of aromatic nitrogens is 1. The van der Waals surface area contributed by atoms with Crippen molar-refractivity contribution < 1.29 is 14.3 Å². The molecule has 1 atom stereocenters. The van der Waals surface area contributed by atoms with Crippen LogP contribution in [0.3, 0.4) is 0 Å². The third-order valence-electron chi connectivity index (χ3n) is 7.05. The zero-order chi connectivity index (χ0) is 27.7. The summed E-state index contributed by atoms with van der Waals surface area (Å²) in [6.45, 7) is 14.8. The van der Waals surface area contributed by atoms with Gasteiger partial charge in [-0.2, -0.15) is 0 Å². The molecule has 0 aliphatic heterocycles. The summed E-state index contributed by atoms with van der Waals surface area (Å²) in [6.07, 6.45) is 3.11. The van der Waals surface area contributed by atoms with Crippen LogP contribution in [0, 0.1) is 26.7 Å². The number of likely N-dealkylation sites (N-methyl/N-ethyl adjacent to an activating group) is 1. The van der Waals surface area contributed by atoms with Crippen molar-refractivity contribution in [1.82, 2.24) is 9.47 Å². The molecule has 0 radical (unpaired) electrons. The Labute approximate surface area is 221 Å². The Kier molecular flexibility index (Phi) is 8.66. The number of esters is 1. The standard InChI is InChI=1S/C31H43N3O3/c1-19(2)29(32)30(36)37-26-16-21(4)14-22(5)28(26)31(6,7)17-27(35)34-18-23(12-13-33(8)9)24-15-20(3)10-11-25(24)34/h10-11,14-16,18-19,29H,12-13,17,32H2,1-9H3. The molecule has 0 spiro atoms. The minimum Gasteiger partial charge on any atom is -0.425 e. The predicted octanol–water partition coefficient (Wildman–Crippen LogP) is 5.57. The number of rotatable bonds is 9. The second kappa shape index (κ2) is 11.2. The maximum Gasteiger partial charge on any atom is 0.328 e. The van der Waals surface area contributed by atoms with Gasteiger partial charge in [0.1, 0.15) is 11.8 Å². The highest BCUT2D eigenvalue weighted by Gasteiger charge is 2.32. The molecule has 200 valence electrons. The van der Waals surface area contributed by atoms with Crippen molar-refractivity contribution in [3.8, 4) is 5.75 Å². The van der Waals surface area contributed by atoms with E-state index in [1.54, 1.807) is 4.57 Å². The maximum absolute atomic E-state index is 13.8. The van der Waals surface area contributed by atoms with E-state index in [2.05, 4.69) is 38.1 Å². The molecule has 37 heavy (non-hydrogen) atoms. The van der Waals surface area contributed by atoms with Crippen LogP contribution in [0.4, 0.5) is 0 Å². The highest BCUT2D eigenvalue weighted by molar-refractivity contribution is 5.95. The summed E-state index contributed by atoms with van der Waals surface area (Å²) in [5, 5.41) is 1.12. The van der Waals surface area contributed by atoms with Crippen molar-refractivity contribution in [2.75, 3.05) is 20.6 Å². The summed E-state index contributed by atoms with van der Waals surface area (Å²) in [6, 6.07) is 9.46. The van der Waals surface area contributed by atoms with Gasteiger partial charge in [-0.25, -0.2) is 4.79 Å². The number of fused-ring (bicyclic) bond motifs is 1. The lowest BCUT2D eigenvalue weighted by Gasteiger charge is -2.29. The normalized spacial score (nSPS) is 13.0. The molecule has 1 heterocycles. The van der Waals surface area contributed by atoms with Gasteiger partial charge in [-0.15, -0.1) is 0 Å². The quantitative estimate of drug-likeness (QED) is 0.304. The third kappa shape index (κ3) is 6.49. The summed E-state index contributed by atoms with van der Waals surface area (Å²) < 4.78 is 7.66. The SMILES string of the molecule is Cc1cc(C)c(C(C)(C)CC(=O)n2cc(CCN(C)C)c3cc(C)ccc32)c(OC(=O)C(N)C(C)C)c1. The van der Waals surface area contributed by atoms with Gasteiger partial charge >= 0.3 is 5.97 Å². The van der Waals surface area contributed by atoms with E-state index in [0.717, 1.165) is 40.6 Å². The molecule has 0 fully saturated rings. The van der Waals surface area contributed by atoms with Crippen LogP contribution in [0.5, 0.6) is 5.75 Å². The Morgan fingerprint density at radius 3 is 2.35 bits per heavy atom. The first kappa shape index (κ1) is 28.6. The van der Waals surface area contributed by atoms with E-state index in [4.69, 9.17) is 10.5 Å². The fourth-order valence-electron chi connectivity index (χ4n) is 5.04. The topological polar surface area (TPSA) is 77.6 Å². The van der Waals surface area contributed by atoms with Crippen LogP contribution in [-0.4, -0.2) is 48.0 Å². The summed E-state index contributed by atoms with van der Waals surface area (Å²) >= 11 is 0. The summed E-state index contributed by atoms with van der Waals surface area (Å²) in [5.41, 5.74) is 11.6. The molecule has 0 bridgehead atoms. The zero-order valence-electron chi connectivity index (χ0n) is 23.9. The Bertz CT molecular complexity index is 1300. The molecular weight excluding hydrogens is 462 g/mol. The van der Waals surface area contributed by atoms with Crippen LogP contribution in [-0.2, 0) is 16.6 Å². The molecule has 0 saturated carbocycles. The van der Waals surface area contributed by atoms with Gasteiger partial charge in [-0.3, -0.25) is 9.36 Å². The Morgan fingerprint density at radius 1 is 1.05 bits per heavy atom. The van der Waals surface area contributed by atoms with Gasteiger partial charge < -0.3 is 15.4 Å². The van der Waals surface area contributed by atoms with Crippen LogP contribution in [0.2, 0.25) is 0 Å². The molecule has 3 aromatic rings. The average Bonchev–Trinajstić information content (AvgIpc) is 3.13. The van der Waals surface area contributed by atoms with Gasteiger partial charge in [0.25, 0.3) is 0 Å². The highest BCUT2D eigenvalue weighted by atomic mass is 16.5. The Balaban J connectivity index is 1.99. The number of nitrogens with zero attached hydrogens (tertiary/aromatic N) is 2. The van der Waals surface area contributed by atoms with Crippen molar-refractivity contribution in [3.63, 3.8) is 0 Å². The largest absolute Gasteiger partial charge is 0.425 e. The van der Waals surface area contributed by atoms with E-state index in [1.165, 1.54) is 11.1 Å². The van der Waals surface area contributed by atoms with Gasteiger partial charge in [0.15, 0.2) is 0 Å². The van der Waals surface area contributed by atoms with E-state index in [-0.39, 0.29) is 18.2 Å². The molecule has 3 rings (SSSR count). The fourth-order valence-corrected chi connectivity index (χ4v) is 5.04. The molecule has 6 heteroatoms. The number of aryl methyl sites for hydroxylation is 3. The Morgan fingerprint density at radius 2 is 1.73 bits per heavy atom. The van der Waals surface area contributed by atoms with E-state index in [9.17, 15) is 9.59 Å². The van der Waals surface area contributed by atoms with Crippen LogP contribution in [0.25, 0.3) is 10.9 Å². The van der Waals surface area contributed by atoms with Crippen LogP contribution < -0.4 is 10.5 Å². The first-order valence-corrected chi connectivity index (χ1v) is 13.1. The minimum absolute atomic E-state index is 0.00564. The van der Waals surface area contributed by atoms with E-state index in [1.807, 2.05) is 65.9 Å². The molecule has 0 amide bonds. The predicted molar refractivity (Wildman–Crippen MR) is 152 cm³/mol. The number of benzene rings is 2. The monoisotopic (exact) mass is 505 g/mol. The van der Waals surface area contributed by atoms with Crippen molar-refractivity contribution >= 4 is 22.8 Å². The van der Waals surface area contributed by atoms with Gasteiger partial charge in [0.05, 0.1) is 5.52 Å². The summed E-state index contributed by atoms with van der Waals surface area (Å²) in [5.74, 6) is -0.00775. The molecule has 1 aromatic heterocycles. The molecule has 0 saturated heterocycles. The first-order valence-electron chi connectivity index (χ1n) is 13.1. The molecule has 6 nitrogen and oxygen atoms in total. The van der Waals surface area contributed by atoms with Crippen LogP contribution in [0.15, 0.2) is 36.5 Å². The lowest BCUT2D eigenvalue weighted by atomic mass is 9.78. The number of nitrogens with two attached hydrogens (primary N) is 1. The third-order valence-corrected chi connectivity index (χ3v) is 7.05.